The molecule has 1 aromatic heterocycles. The highest BCUT2D eigenvalue weighted by atomic mass is 16.5. The molecule has 0 amide bonds. The predicted octanol–water partition coefficient (Wildman–Crippen LogP) is 2.33. The number of guanidine groups is 1. The van der Waals surface area contributed by atoms with Gasteiger partial charge in [0.15, 0.2) is 5.96 Å². The molecule has 1 saturated heterocycles. The van der Waals surface area contributed by atoms with Crippen LogP contribution in [-0.4, -0.2) is 37.2 Å². The maximum Gasteiger partial charge on any atom is 0.193 e. The lowest BCUT2D eigenvalue weighted by Crippen LogP contribution is -2.36. The van der Waals surface area contributed by atoms with Gasteiger partial charge in [0.1, 0.15) is 5.82 Å². The zero-order chi connectivity index (χ0) is 17.8. The molecule has 6 nitrogen and oxygen atoms in total. The molecule has 2 aliphatic rings. The number of aryl methyl sites for hydroxylation is 2. The fourth-order valence-corrected chi connectivity index (χ4v) is 3.50. The van der Waals surface area contributed by atoms with Crippen molar-refractivity contribution in [1.82, 2.24) is 4.98 Å². The van der Waals surface area contributed by atoms with Crippen LogP contribution in [-0.2, 0) is 24.1 Å². The smallest absolute Gasteiger partial charge is 0.193 e. The molecule has 2 aromatic rings. The van der Waals surface area contributed by atoms with Gasteiger partial charge in [-0.3, -0.25) is 0 Å². The van der Waals surface area contributed by atoms with Gasteiger partial charge >= 0.3 is 0 Å². The second-order valence-electron chi connectivity index (χ2n) is 6.79. The van der Waals surface area contributed by atoms with Gasteiger partial charge in [-0.1, -0.05) is 12.1 Å². The number of hydrogen-bond acceptors (Lipinski definition) is 4. The molecule has 0 saturated carbocycles. The maximum atomic E-state index is 6.04. The number of morpholine rings is 1. The van der Waals surface area contributed by atoms with E-state index in [0.29, 0.717) is 12.5 Å². The van der Waals surface area contributed by atoms with Crippen molar-refractivity contribution in [1.29, 1.82) is 0 Å². The van der Waals surface area contributed by atoms with Crippen molar-refractivity contribution < 1.29 is 4.74 Å². The van der Waals surface area contributed by atoms with Crippen LogP contribution < -0.4 is 16.0 Å². The summed E-state index contributed by atoms with van der Waals surface area (Å²) in [5, 5.41) is 3.19. The van der Waals surface area contributed by atoms with Crippen LogP contribution in [0.5, 0.6) is 0 Å². The van der Waals surface area contributed by atoms with Crippen LogP contribution in [0.3, 0.4) is 0 Å². The monoisotopic (exact) mass is 351 g/mol. The third-order valence-corrected chi connectivity index (χ3v) is 4.95. The summed E-state index contributed by atoms with van der Waals surface area (Å²) in [6.45, 7) is 3.82. The third kappa shape index (κ3) is 3.96. The summed E-state index contributed by atoms with van der Waals surface area (Å²) >= 11 is 0. The van der Waals surface area contributed by atoms with Crippen LogP contribution in [0.4, 0.5) is 11.5 Å². The standard InChI is InChI=1S/C20H25N5O/c21-20(24-18-6-5-16-2-1-3-17(16)12-18)23-14-15-4-7-19(22-13-15)25-8-10-26-11-9-25/h4-7,12-13H,1-3,8-11,14H2,(H3,21,23,24). The van der Waals surface area contributed by atoms with Crippen molar-refractivity contribution in [3.05, 3.63) is 53.2 Å². The van der Waals surface area contributed by atoms with Gasteiger partial charge in [0, 0.05) is 25.0 Å². The number of nitrogens with one attached hydrogen (secondary N) is 1. The predicted molar refractivity (Wildman–Crippen MR) is 105 cm³/mol. The first-order valence-corrected chi connectivity index (χ1v) is 9.24. The van der Waals surface area contributed by atoms with E-state index < -0.39 is 0 Å². The molecule has 1 fully saturated rings. The number of anilines is 2. The number of hydrogen-bond donors (Lipinski definition) is 2. The summed E-state index contributed by atoms with van der Waals surface area (Å²) in [6, 6.07) is 10.5. The Bertz CT molecular complexity index is 781. The molecule has 1 aliphatic heterocycles. The number of rotatable bonds is 4. The Morgan fingerprint density at radius 3 is 2.81 bits per heavy atom. The molecule has 0 unspecified atom stereocenters. The molecule has 26 heavy (non-hydrogen) atoms. The Morgan fingerprint density at radius 1 is 1.15 bits per heavy atom. The first-order chi connectivity index (χ1) is 12.8. The van der Waals surface area contributed by atoms with E-state index in [1.54, 1.807) is 0 Å². The summed E-state index contributed by atoms with van der Waals surface area (Å²) in [7, 11) is 0. The fourth-order valence-electron chi connectivity index (χ4n) is 3.50. The molecule has 136 valence electrons. The van der Waals surface area contributed by atoms with Crippen molar-refractivity contribution in [2.24, 2.45) is 10.7 Å². The number of aromatic nitrogens is 1. The van der Waals surface area contributed by atoms with Gasteiger partial charge in [-0.05, 0) is 54.2 Å². The van der Waals surface area contributed by atoms with Gasteiger partial charge < -0.3 is 20.7 Å². The van der Waals surface area contributed by atoms with Crippen LogP contribution >= 0.6 is 0 Å². The van der Waals surface area contributed by atoms with Crippen molar-refractivity contribution >= 4 is 17.5 Å². The first kappa shape index (κ1) is 16.8. The molecular weight excluding hydrogens is 326 g/mol. The van der Waals surface area contributed by atoms with Crippen molar-refractivity contribution in [2.75, 3.05) is 36.5 Å². The van der Waals surface area contributed by atoms with Gasteiger partial charge in [0.2, 0.25) is 0 Å². The number of nitrogens with zero attached hydrogens (tertiary/aromatic N) is 3. The van der Waals surface area contributed by atoms with Crippen molar-refractivity contribution in [3.8, 4) is 0 Å². The van der Waals surface area contributed by atoms with E-state index in [9.17, 15) is 0 Å². The molecule has 0 bridgehead atoms. The normalized spacial score (nSPS) is 17.2. The Labute approximate surface area is 154 Å². The highest BCUT2D eigenvalue weighted by molar-refractivity contribution is 5.92. The number of ether oxygens (including phenoxy) is 1. The van der Waals surface area contributed by atoms with Crippen LogP contribution in [0.2, 0.25) is 0 Å². The van der Waals surface area contributed by atoms with Crippen LogP contribution in [0.1, 0.15) is 23.1 Å². The minimum absolute atomic E-state index is 0.431. The van der Waals surface area contributed by atoms with Gasteiger partial charge in [0.25, 0.3) is 0 Å². The van der Waals surface area contributed by atoms with E-state index in [1.165, 1.54) is 24.0 Å². The van der Waals surface area contributed by atoms with E-state index in [-0.39, 0.29) is 0 Å². The van der Waals surface area contributed by atoms with E-state index in [1.807, 2.05) is 12.3 Å². The third-order valence-electron chi connectivity index (χ3n) is 4.95. The Morgan fingerprint density at radius 2 is 2.00 bits per heavy atom. The zero-order valence-electron chi connectivity index (χ0n) is 14.9. The Hall–Kier alpha value is -2.60. The number of benzene rings is 1. The lowest BCUT2D eigenvalue weighted by molar-refractivity contribution is 0.122. The largest absolute Gasteiger partial charge is 0.378 e. The summed E-state index contributed by atoms with van der Waals surface area (Å²) in [6.07, 6.45) is 5.46. The molecule has 3 N–H and O–H groups in total. The number of fused-ring (bicyclic) bond motifs is 1. The first-order valence-electron chi connectivity index (χ1n) is 9.24. The number of nitrogens with two attached hydrogens (primary N) is 1. The molecule has 2 heterocycles. The maximum absolute atomic E-state index is 6.04. The van der Waals surface area contributed by atoms with Gasteiger partial charge in [-0.2, -0.15) is 0 Å². The number of pyridine rings is 1. The van der Waals surface area contributed by atoms with Crippen molar-refractivity contribution in [3.63, 3.8) is 0 Å². The fraction of sp³-hybridized carbons (Fsp3) is 0.400. The van der Waals surface area contributed by atoms with Gasteiger partial charge in [0.05, 0.1) is 19.8 Å². The quantitative estimate of drug-likeness (QED) is 0.653. The molecule has 4 rings (SSSR count). The Balaban J connectivity index is 1.34. The summed E-state index contributed by atoms with van der Waals surface area (Å²) in [4.78, 5) is 11.2. The molecule has 1 aromatic carbocycles. The highest BCUT2D eigenvalue weighted by Gasteiger charge is 2.12. The second kappa shape index (κ2) is 7.74. The molecule has 0 spiro atoms. The SMILES string of the molecule is NC(=NCc1ccc(N2CCOCC2)nc1)Nc1ccc2c(c1)CCC2. The van der Waals surface area contributed by atoms with Crippen LogP contribution in [0.25, 0.3) is 0 Å². The Kier molecular flexibility index (Phi) is 5.02. The number of aliphatic imine (C=N–C) groups is 1. The second-order valence-corrected chi connectivity index (χ2v) is 6.79. The lowest BCUT2D eigenvalue weighted by atomic mass is 10.1. The molecule has 1 aliphatic carbocycles. The molecule has 6 heteroatoms. The highest BCUT2D eigenvalue weighted by Crippen LogP contribution is 2.24. The van der Waals surface area contributed by atoms with E-state index in [0.717, 1.165) is 49.8 Å². The summed E-state index contributed by atoms with van der Waals surface area (Å²) in [5.74, 6) is 1.42. The van der Waals surface area contributed by atoms with Crippen LogP contribution in [0.15, 0.2) is 41.5 Å². The zero-order valence-corrected chi connectivity index (χ0v) is 14.9. The average molecular weight is 351 g/mol. The molecule has 0 radical (unpaired) electrons. The lowest BCUT2D eigenvalue weighted by Gasteiger charge is -2.27. The minimum atomic E-state index is 0.431. The summed E-state index contributed by atoms with van der Waals surface area (Å²) < 4.78 is 5.38. The van der Waals surface area contributed by atoms with Gasteiger partial charge in [-0.25, -0.2) is 9.98 Å². The molecular formula is C20H25N5O. The molecule has 0 atom stereocenters. The van der Waals surface area contributed by atoms with Gasteiger partial charge in [-0.15, -0.1) is 0 Å². The van der Waals surface area contributed by atoms with Crippen molar-refractivity contribution in [2.45, 2.75) is 25.8 Å². The summed E-state index contributed by atoms with van der Waals surface area (Å²) in [5.41, 5.74) is 11.0. The minimum Gasteiger partial charge on any atom is -0.378 e. The van der Waals surface area contributed by atoms with E-state index in [4.69, 9.17) is 10.5 Å². The van der Waals surface area contributed by atoms with E-state index in [2.05, 4.69) is 44.5 Å². The van der Waals surface area contributed by atoms with E-state index >= 15 is 0 Å². The van der Waals surface area contributed by atoms with Crippen LogP contribution in [0, 0.1) is 0 Å². The average Bonchev–Trinajstić information content (AvgIpc) is 3.15. The topological polar surface area (TPSA) is 75.8 Å².